The van der Waals surface area contributed by atoms with Gasteiger partial charge >= 0.3 is 12.1 Å². The lowest BCUT2D eigenvalue weighted by Gasteiger charge is -2.37. The zero-order valence-corrected chi connectivity index (χ0v) is 22.2. The summed E-state index contributed by atoms with van der Waals surface area (Å²) in [6.07, 6.45) is 0.0810. The summed E-state index contributed by atoms with van der Waals surface area (Å²) in [5.74, 6) is -0.359. The van der Waals surface area contributed by atoms with Gasteiger partial charge in [0.25, 0.3) is 0 Å². The first-order chi connectivity index (χ1) is 19.0. The third-order valence-electron chi connectivity index (χ3n) is 7.23. The van der Waals surface area contributed by atoms with E-state index in [1.807, 2.05) is 24.3 Å². The molecule has 0 aliphatic carbocycles. The molecule has 1 fully saturated rings. The van der Waals surface area contributed by atoms with Gasteiger partial charge in [-0.2, -0.15) is 0 Å². The van der Waals surface area contributed by atoms with Gasteiger partial charge in [-0.3, -0.25) is 0 Å². The molecule has 1 aliphatic rings. The fourth-order valence-electron chi connectivity index (χ4n) is 5.07. The number of piperidine rings is 1. The van der Waals surface area contributed by atoms with Crippen LogP contribution in [-0.2, 0) is 22.5 Å². The third-order valence-corrected chi connectivity index (χ3v) is 7.56. The number of nitrogens with zero attached hydrogens (tertiary/aromatic N) is 1. The summed E-state index contributed by atoms with van der Waals surface area (Å²) < 4.78 is 11.8. The quantitative estimate of drug-likeness (QED) is 0.243. The molecule has 1 amide bonds. The Labute approximate surface area is 232 Å². The lowest BCUT2D eigenvalue weighted by Crippen LogP contribution is -2.46. The van der Waals surface area contributed by atoms with Crippen LogP contribution >= 0.6 is 11.6 Å². The Balaban J connectivity index is 1.22. The van der Waals surface area contributed by atoms with Crippen molar-refractivity contribution < 1.29 is 24.2 Å². The van der Waals surface area contributed by atoms with Crippen molar-refractivity contribution in [2.75, 3.05) is 19.7 Å². The van der Waals surface area contributed by atoms with Crippen molar-refractivity contribution in [3.05, 3.63) is 118 Å². The molecule has 1 saturated heterocycles. The van der Waals surface area contributed by atoms with Crippen molar-refractivity contribution in [1.82, 2.24) is 4.90 Å². The number of halogens is 1. The Hall–Kier alpha value is -3.87. The van der Waals surface area contributed by atoms with E-state index < -0.39 is 12.1 Å². The van der Waals surface area contributed by atoms with Gasteiger partial charge in [0, 0.05) is 18.9 Å². The van der Waals surface area contributed by atoms with Crippen molar-refractivity contribution in [1.29, 1.82) is 0 Å². The number of ether oxygens (including phenoxy) is 2. The molecule has 4 aromatic rings. The van der Waals surface area contributed by atoms with Gasteiger partial charge in [-0.25, -0.2) is 9.59 Å². The van der Waals surface area contributed by atoms with Gasteiger partial charge in [-0.05, 0) is 52.1 Å². The van der Waals surface area contributed by atoms with Crippen molar-refractivity contribution in [2.24, 2.45) is 0 Å². The molecule has 200 valence electrons. The standard InChI is InChI=1S/C32H30ClNO5/c33-29-8-4-3-7-28(29)31(35)38-18-16-22-9-13-25(14-10-22)27-15-17-34(32(36)37)20-30(27)39-21-23-11-12-24-5-1-2-6-26(24)19-23/h1-14,19,27,30H,15-18,20-21H2,(H,36,37). The molecule has 39 heavy (non-hydrogen) atoms. The number of carbonyl (C=O) groups is 2. The fraction of sp³-hybridized carbons (Fsp3) is 0.250. The number of likely N-dealkylation sites (tertiary alicyclic amines) is 1. The molecule has 0 radical (unpaired) electrons. The fourth-order valence-corrected chi connectivity index (χ4v) is 5.28. The van der Waals surface area contributed by atoms with Crippen LogP contribution < -0.4 is 0 Å². The molecule has 1 aliphatic heterocycles. The highest BCUT2D eigenvalue weighted by molar-refractivity contribution is 6.33. The van der Waals surface area contributed by atoms with Crippen LogP contribution in [0.25, 0.3) is 10.8 Å². The third kappa shape index (κ3) is 6.59. The van der Waals surface area contributed by atoms with Crippen LogP contribution in [0.3, 0.4) is 0 Å². The average Bonchev–Trinajstić information content (AvgIpc) is 2.96. The van der Waals surface area contributed by atoms with Gasteiger partial charge in [-0.1, -0.05) is 84.4 Å². The molecule has 0 bridgehead atoms. The molecule has 1 heterocycles. The molecule has 5 rings (SSSR count). The molecule has 1 N–H and O–H groups in total. The van der Waals surface area contributed by atoms with Crippen LogP contribution in [0.15, 0.2) is 91.0 Å². The van der Waals surface area contributed by atoms with E-state index in [2.05, 4.69) is 42.5 Å². The van der Waals surface area contributed by atoms with E-state index >= 15 is 0 Å². The highest BCUT2D eigenvalue weighted by Crippen LogP contribution is 2.32. The van der Waals surface area contributed by atoms with Crippen molar-refractivity contribution >= 4 is 34.4 Å². The van der Waals surface area contributed by atoms with E-state index in [4.69, 9.17) is 21.1 Å². The summed E-state index contributed by atoms with van der Waals surface area (Å²) in [4.78, 5) is 25.4. The van der Waals surface area contributed by atoms with Gasteiger partial charge in [0.15, 0.2) is 0 Å². The Bertz CT molecular complexity index is 1450. The van der Waals surface area contributed by atoms with Crippen LogP contribution in [0.2, 0.25) is 5.02 Å². The summed E-state index contributed by atoms with van der Waals surface area (Å²) >= 11 is 6.08. The number of hydrogen-bond donors (Lipinski definition) is 1. The van der Waals surface area contributed by atoms with E-state index in [9.17, 15) is 14.7 Å². The lowest BCUT2D eigenvalue weighted by atomic mass is 9.86. The topological polar surface area (TPSA) is 76.1 Å². The highest BCUT2D eigenvalue weighted by Gasteiger charge is 2.33. The number of amides is 1. The average molecular weight is 544 g/mol. The summed E-state index contributed by atoms with van der Waals surface area (Å²) in [5.41, 5.74) is 3.57. The summed E-state index contributed by atoms with van der Waals surface area (Å²) in [6.45, 7) is 1.45. The number of fused-ring (bicyclic) bond motifs is 1. The Morgan fingerprint density at radius 3 is 2.38 bits per heavy atom. The Kier molecular flexibility index (Phi) is 8.45. The Morgan fingerprint density at radius 2 is 1.62 bits per heavy atom. The molecule has 4 aromatic carbocycles. The van der Waals surface area contributed by atoms with Crippen LogP contribution in [0, 0.1) is 0 Å². The van der Waals surface area contributed by atoms with Crippen LogP contribution in [0.5, 0.6) is 0 Å². The van der Waals surface area contributed by atoms with Crippen LogP contribution in [0.1, 0.15) is 39.4 Å². The van der Waals surface area contributed by atoms with E-state index in [1.165, 1.54) is 10.3 Å². The molecule has 7 heteroatoms. The lowest BCUT2D eigenvalue weighted by molar-refractivity contribution is -0.0199. The van der Waals surface area contributed by atoms with E-state index in [0.717, 1.165) is 22.1 Å². The minimum absolute atomic E-state index is 0.0770. The maximum atomic E-state index is 12.3. The second kappa shape index (κ2) is 12.3. The van der Waals surface area contributed by atoms with E-state index in [-0.39, 0.29) is 18.6 Å². The predicted octanol–water partition coefficient (Wildman–Crippen LogP) is 6.95. The first-order valence-corrected chi connectivity index (χ1v) is 13.4. The predicted molar refractivity (Wildman–Crippen MR) is 151 cm³/mol. The summed E-state index contributed by atoms with van der Waals surface area (Å²) in [6, 6.07) is 29.5. The van der Waals surface area contributed by atoms with Gasteiger partial charge < -0.3 is 19.5 Å². The SMILES string of the molecule is O=C(OCCc1ccc(C2CCN(C(=O)O)CC2OCc2ccc3ccccc3c2)cc1)c1ccccc1Cl. The normalized spacial score (nSPS) is 17.2. The largest absolute Gasteiger partial charge is 0.465 e. The second-order valence-corrected chi connectivity index (χ2v) is 10.2. The van der Waals surface area contributed by atoms with Gasteiger partial charge in [0.05, 0.1) is 36.4 Å². The molecule has 2 atom stereocenters. The number of esters is 1. The molecule has 6 nitrogen and oxygen atoms in total. The van der Waals surface area contributed by atoms with Crippen LogP contribution in [-0.4, -0.2) is 47.9 Å². The smallest absolute Gasteiger partial charge is 0.407 e. The van der Waals surface area contributed by atoms with Gasteiger partial charge in [0.1, 0.15) is 0 Å². The monoisotopic (exact) mass is 543 g/mol. The van der Waals surface area contributed by atoms with Crippen molar-refractivity contribution in [2.45, 2.75) is 31.5 Å². The van der Waals surface area contributed by atoms with Crippen molar-refractivity contribution in [3.63, 3.8) is 0 Å². The number of carbonyl (C=O) groups excluding carboxylic acids is 1. The maximum absolute atomic E-state index is 12.3. The van der Waals surface area contributed by atoms with E-state index in [1.54, 1.807) is 24.3 Å². The summed E-state index contributed by atoms with van der Waals surface area (Å²) in [7, 11) is 0. The Morgan fingerprint density at radius 1 is 0.897 bits per heavy atom. The maximum Gasteiger partial charge on any atom is 0.407 e. The first kappa shape index (κ1) is 26.7. The van der Waals surface area contributed by atoms with Gasteiger partial charge in [0.2, 0.25) is 0 Å². The van der Waals surface area contributed by atoms with Crippen molar-refractivity contribution in [3.8, 4) is 0 Å². The number of carboxylic acid groups (broad SMARTS) is 1. The summed E-state index contributed by atoms with van der Waals surface area (Å²) in [5, 5.41) is 12.3. The zero-order chi connectivity index (χ0) is 27.2. The van der Waals surface area contributed by atoms with E-state index in [0.29, 0.717) is 43.1 Å². The minimum Gasteiger partial charge on any atom is -0.465 e. The molecule has 0 aromatic heterocycles. The van der Waals surface area contributed by atoms with Crippen LogP contribution in [0.4, 0.5) is 4.79 Å². The number of rotatable bonds is 8. The number of benzene rings is 4. The molecule has 2 unspecified atom stereocenters. The molecular formula is C32H30ClNO5. The second-order valence-electron chi connectivity index (χ2n) is 9.76. The minimum atomic E-state index is -0.922. The first-order valence-electron chi connectivity index (χ1n) is 13.1. The molecule has 0 spiro atoms. The van der Waals surface area contributed by atoms with Gasteiger partial charge in [-0.15, -0.1) is 0 Å². The molecule has 0 saturated carbocycles. The zero-order valence-electron chi connectivity index (χ0n) is 21.5. The molecular weight excluding hydrogens is 514 g/mol. The highest BCUT2D eigenvalue weighted by atomic mass is 35.5. The number of hydrogen-bond acceptors (Lipinski definition) is 4.